The van der Waals surface area contributed by atoms with Crippen LogP contribution in [0.25, 0.3) is 6.08 Å². The number of aliphatic carboxylic acids is 1. The molecule has 0 amide bonds. The lowest BCUT2D eigenvalue weighted by molar-refractivity contribution is -0.346. The number of hydrogen-bond donors (Lipinski definition) is 6. The fourth-order valence-electron chi connectivity index (χ4n) is 5.04. The Morgan fingerprint density at radius 2 is 1.86 bits per heavy atom. The Kier molecular flexibility index (Phi) is 7.88. The van der Waals surface area contributed by atoms with Crippen LogP contribution >= 0.6 is 0 Å². The van der Waals surface area contributed by atoms with Crippen LogP contribution in [0.1, 0.15) is 25.3 Å². The zero-order chi connectivity index (χ0) is 26.9. The van der Waals surface area contributed by atoms with Crippen molar-refractivity contribution in [1.29, 1.82) is 0 Å². The van der Waals surface area contributed by atoms with Gasteiger partial charge in [0, 0.05) is 12.0 Å². The first-order valence-corrected chi connectivity index (χ1v) is 11.8. The van der Waals surface area contributed by atoms with Crippen molar-refractivity contribution >= 4 is 18.0 Å². The van der Waals surface area contributed by atoms with Gasteiger partial charge < -0.3 is 49.6 Å². The fraction of sp³-hybridized carbons (Fsp3) is 0.520. The first kappa shape index (κ1) is 27.0. The van der Waals surface area contributed by atoms with Crippen LogP contribution in [0.5, 0.6) is 5.75 Å². The van der Waals surface area contributed by atoms with Crippen molar-refractivity contribution < 1.29 is 59.2 Å². The van der Waals surface area contributed by atoms with E-state index in [4.69, 9.17) is 18.9 Å². The highest BCUT2D eigenvalue weighted by atomic mass is 16.8. The van der Waals surface area contributed by atoms with E-state index in [2.05, 4.69) is 0 Å². The summed E-state index contributed by atoms with van der Waals surface area (Å²) in [6.07, 6.45) is -4.80. The van der Waals surface area contributed by atoms with Gasteiger partial charge in [0.05, 0.1) is 30.0 Å². The number of phenols is 1. The normalized spacial score (nSPS) is 37.5. The number of carbonyl (C=O) groups excluding carboxylic acids is 1. The molecule has 3 aliphatic rings. The number of hydrogen-bond acceptors (Lipinski definition) is 11. The molecule has 9 unspecified atom stereocenters. The number of aromatic hydroxyl groups is 1. The van der Waals surface area contributed by atoms with Crippen molar-refractivity contribution in [1.82, 2.24) is 0 Å². The Bertz CT molecular complexity index is 1050. The molecule has 0 spiro atoms. The van der Waals surface area contributed by atoms with Crippen molar-refractivity contribution in [2.24, 2.45) is 11.8 Å². The molecule has 2 heterocycles. The third-order valence-electron chi connectivity index (χ3n) is 7.03. The first-order valence-electron chi connectivity index (χ1n) is 11.8. The minimum Gasteiger partial charge on any atom is -0.508 e. The summed E-state index contributed by atoms with van der Waals surface area (Å²) >= 11 is 0. The average molecular weight is 523 g/mol. The highest BCUT2D eigenvalue weighted by Crippen LogP contribution is 2.49. The minimum atomic E-state index is -1.71. The summed E-state index contributed by atoms with van der Waals surface area (Å²) in [6, 6.07) is 5.97. The van der Waals surface area contributed by atoms with E-state index in [-0.39, 0.29) is 17.7 Å². The molecule has 0 aromatic heterocycles. The van der Waals surface area contributed by atoms with Crippen LogP contribution in [-0.2, 0) is 28.5 Å². The van der Waals surface area contributed by atoms with Gasteiger partial charge in [0.1, 0.15) is 24.1 Å². The van der Waals surface area contributed by atoms with Gasteiger partial charge in [-0.3, -0.25) is 0 Å². The van der Waals surface area contributed by atoms with Crippen LogP contribution in [0.4, 0.5) is 0 Å². The van der Waals surface area contributed by atoms with E-state index in [1.54, 1.807) is 12.1 Å². The van der Waals surface area contributed by atoms with Gasteiger partial charge in [-0.15, -0.1) is 0 Å². The SMILES string of the molecule is CC1(O)CCC2C(C(=O)O)=COC(OC3OC(CO)C(O)C(O)C3OC(=O)C=Cc3ccc(O)cc3)C21. The first-order chi connectivity index (χ1) is 17.5. The fourth-order valence-corrected chi connectivity index (χ4v) is 5.04. The molecule has 37 heavy (non-hydrogen) atoms. The van der Waals surface area contributed by atoms with E-state index in [0.717, 1.165) is 12.3 Å². The number of ether oxygens (including phenoxy) is 4. The molecule has 2 fully saturated rings. The third kappa shape index (κ3) is 5.64. The van der Waals surface area contributed by atoms with Crippen molar-refractivity contribution in [3.63, 3.8) is 0 Å². The zero-order valence-electron chi connectivity index (χ0n) is 19.9. The van der Waals surface area contributed by atoms with Gasteiger partial charge in [0.2, 0.25) is 12.6 Å². The number of rotatable bonds is 7. The quantitative estimate of drug-likeness (QED) is 0.206. The van der Waals surface area contributed by atoms with Crippen LogP contribution < -0.4 is 0 Å². The molecule has 2 aliphatic heterocycles. The Morgan fingerprint density at radius 1 is 1.16 bits per heavy atom. The number of aliphatic hydroxyl groups is 4. The highest BCUT2D eigenvalue weighted by Gasteiger charge is 2.56. The number of carbonyl (C=O) groups is 2. The number of fused-ring (bicyclic) bond motifs is 1. The van der Waals surface area contributed by atoms with Gasteiger partial charge >= 0.3 is 11.9 Å². The molecule has 1 saturated carbocycles. The van der Waals surface area contributed by atoms with Crippen molar-refractivity contribution in [3.05, 3.63) is 47.7 Å². The topological polar surface area (TPSA) is 192 Å². The summed E-state index contributed by atoms with van der Waals surface area (Å²) in [5, 5.41) is 60.4. The molecular weight excluding hydrogens is 492 g/mol. The van der Waals surface area contributed by atoms with Crippen LogP contribution in [0.15, 0.2) is 42.2 Å². The predicted molar refractivity (Wildman–Crippen MR) is 123 cm³/mol. The number of benzene rings is 1. The second kappa shape index (κ2) is 10.8. The smallest absolute Gasteiger partial charge is 0.334 e. The van der Waals surface area contributed by atoms with Crippen molar-refractivity contribution in [2.75, 3.05) is 6.61 Å². The van der Waals surface area contributed by atoms with E-state index < -0.39 is 73.0 Å². The summed E-state index contributed by atoms with van der Waals surface area (Å²) < 4.78 is 22.3. The molecule has 1 aromatic rings. The second-order valence-corrected chi connectivity index (χ2v) is 9.58. The summed E-state index contributed by atoms with van der Waals surface area (Å²) in [5.41, 5.74) is -0.792. The highest BCUT2D eigenvalue weighted by molar-refractivity contribution is 5.87. The standard InChI is InChI=1S/C25H30O12/c1-25(33)9-8-14-15(22(31)32)11-34-23(18(14)25)37-24-21(20(30)19(29)16(10-26)35-24)36-17(28)7-4-12-2-5-13(27)6-3-12/h2-7,11,14,16,18-21,23-24,26-27,29-30,33H,8-10H2,1H3,(H,31,32). The number of carboxylic acid groups (broad SMARTS) is 1. The van der Waals surface area contributed by atoms with Crippen molar-refractivity contribution in [2.45, 2.75) is 62.4 Å². The number of carboxylic acids is 1. The summed E-state index contributed by atoms with van der Waals surface area (Å²) in [4.78, 5) is 24.2. The van der Waals surface area contributed by atoms with Crippen LogP contribution in [0.3, 0.4) is 0 Å². The van der Waals surface area contributed by atoms with Crippen LogP contribution in [0, 0.1) is 11.8 Å². The summed E-state index contributed by atoms with van der Waals surface area (Å²) in [6.45, 7) is 0.850. The van der Waals surface area contributed by atoms with Gasteiger partial charge in [-0.05, 0) is 43.5 Å². The molecular formula is C25H30O12. The number of esters is 1. The molecule has 1 aromatic carbocycles. The maximum Gasteiger partial charge on any atom is 0.334 e. The van der Waals surface area contributed by atoms with Gasteiger partial charge in [-0.1, -0.05) is 12.1 Å². The van der Waals surface area contributed by atoms with E-state index in [9.17, 15) is 40.2 Å². The molecule has 9 atom stereocenters. The summed E-state index contributed by atoms with van der Waals surface area (Å²) in [7, 11) is 0. The minimum absolute atomic E-state index is 0.0155. The lowest BCUT2D eigenvalue weighted by Crippen LogP contribution is -2.61. The average Bonchev–Trinajstić information content (AvgIpc) is 3.18. The Labute approximate surface area is 212 Å². The van der Waals surface area contributed by atoms with Crippen LogP contribution in [0.2, 0.25) is 0 Å². The Hall–Kier alpha value is -3.00. The molecule has 1 aliphatic carbocycles. The Morgan fingerprint density at radius 3 is 2.51 bits per heavy atom. The zero-order valence-corrected chi connectivity index (χ0v) is 19.9. The van der Waals surface area contributed by atoms with Gasteiger partial charge in [-0.2, -0.15) is 0 Å². The number of aliphatic hydroxyl groups excluding tert-OH is 3. The number of phenolic OH excluding ortho intramolecular Hbond substituents is 1. The lowest BCUT2D eigenvalue weighted by atomic mass is 9.81. The van der Waals surface area contributed by atoms with Gasteiger partial charge in [0.25, 0.3) is 0 Å². The molecule has 4 rings (SSSR count). The van der Waals surface area contributed by atoms with E-state index in [0.29, 0.717) is 12.0 Å². The van der Waals surface area contributed by atoms with Crippen molar-refractivity contribution in [3.8, 4) is 5.75 Å². The molecule has 6 N–H and O–H groups in total. The molecule has 0 bridgehead atoms. The predicted octanol–water partition coefficient (Wildman–Crippen LogP) is -0.125. The Balaban J connectivity index is 1.55. The molecule has 1 saturated heterocycles. The van der Waals surface area contributed by atoms with E-state index >= 15 is 0 Å². The van der Waals surface area contributed by atoms with Crippen LogP contribution in [-0.4, -0.2) is 91.8 Å². The van der Waals surface area contributed by atoms with E-state index in [1.807, 2.05) is 0 Å². The molecule has 12 heteroatoms. The maximum absolute atomic E-state index is 12.5. The maximum atomic E-state index is 12.5. The lowest BCUT2D eigenvalue weighted by Gasteiger charge is -2.44. The monoisotopic (exact) mass is 522 g/mol. The molecule has 12 nitrogen and oxygen atoms in total. The summed E-state index contributed by atoms with van der Waals surface area (Å²) in [5.74, 6) is -3.46. The molecule has 0 radical (unpaired) electrons. The van der Waals surface area contributed by atoms with Gasteiger partial charge in [0.15, 0.2) is 6.10 Å². The van der Waals surface area contributed by atoms with E-state index in [1.165, 1.54) is 25.1 Å². The molecule has 202 valence electrons. The largest absolute Gasteiger partial charge is 0.508 e. The second-order valence-electron chi connectivity index (χ2n) is 9.58. The van der Waals surface area contributed by atoms with Gasteiger partial charge in [-0.25, -0.2) is 9.59 Å². The third-order valence-corrected chi connectivity index (χ3v) is 7.03.